The van der Waals surface area contributed by atoms with Gasteiger partial charge in [-0.3, -0.25) is 24.8 Å². The van der Waals surface area contributed by atoms with E-state index in [4.69, 9.17) is 0 Å². The van der Waals surface area contributed by atoms with E-state index in [0.29, 0.717) is 17.4 Å². The maximum atomic E-state index is 13.1. The minimum Gasteiger partial charge on any atom is -0.333 e. The van der Waals surface area contributed by atoms with Gasteiger partial charge in [0.1, 0.15) is 11.4 Å². The smallest absolute Gasteiger partial charge is 0.272 e. The van der Waals surface area contributed by atoms with Gasteiger partial charge >= 0.3 is 0 Å². The fraction of sp³-hybridized carbons (Fsp3) is 0.333. The molecule has 28 heavy (non-hydrogen) atoms. The summed E-state index contributed by atoms with van der Waals surface area (Å²) in [7, 11) is 0. The molecule has 2 atom stereocenters. The number of likely N-dealkylation sites (tertiary alicyclic amines) is 2. The van der Waals surface area contributed by atoms with Crippen molar-refractivity contribution in [3.05, 3.63) is 66.2 Å². The summed E-state index contributed by atoms with van der Waals surface area (Å²) in [6, 6.07) is 12.3. The molecule has 0 unspecified atom stereocenters. The Morgan fingerprint density at radius 2 is 2.00 bits per heavy atom. The molecule has 2 saturated heterocycles. The first-order chi connectivity index (χ1) is 13.8. The van der Waals surface area contributed by atoms with E-state index in [1.54, 1.807) is 18.5 Å². The monoisotopic (exact) mass is 374 g/mol. The number of carbonyl (C=O) groups excluding carboxylic acids is 1. The van der Waals surface area contributed by atoms with Crippen molar-refractivity contribution in [3.63, 3.8) is 0 Å². The Morgan fingerprint density at radius 3 is 2.82 bits per heavy atom. The summed E-state index contributed by atoms with van der Waals surface area (Å²) in [6.07, 6.45) is 7.48. The Labute approximate surface area is 163 Å². The number of nitrogens with zero attached hydrogens (tertiary/aromatic N) is 5. The molecule has 3 aromatic rings. The molecule has 7 nitrogen and oxygen atoms in total. The topological polar surface area (TPSA) is 78.0 Å². The lowest BCUT2D eigenvalue weighted by molar-refractivity contribution is 0.0726. The Balaban J connectivity index is 1.29. The summed E-state index contributed by atoms with van der Waals surface area (Å²) in [5, 5.41) is 7.19. The highest BCUT2D eigenvalue weighted by molar-refractivity contribution is 5.93. The van der Waals surface area contributed by atoms with Gasteiger partial charge in [0.15, 0.2) is 0 Å². The van der Waals surface area contributed by atoms with Gasteiger partial charge in [0.25, 0.3) is 5.91 Å². The zero-order valence-electron chi connectivity index (χ0n) is 15.5. The molecule has 0 saturated carbocycles. The Morgan fingerprint density at radius 1 is 1.07 bits per heavy atom. The lowest BCUT2D eigenvalue weighted by Gasteiger charge is -2.25. The molecule has 142 valence electrons. The number of nitrogens with one attached hydrogen (secondary N) is 1. The molecule has 0 aliphatic carbocycles. The van der Waals surface area contributed by atoms with Crippen LogP contribution < -0.4 is 0 Å². The van der Waals surface area contributed by atoms with Crippen LogP contribution in [0.4, 0.5) is 0 Å². The second-order valence-corrected chi connectivity index (χ2v) is 7.42. The number of aromatic nitrogens is 4. The normalized spacial score (nSPS) is 21.8. The highest BCUT2D eigenvalue weighted by Crippen LogP contribution is 2.33. The maximum Gasteiger partial charge on any atom is 0.272 e. The van der Waals surface area contributed by atoms with Crippen molar-refractivity contribution in [2.75, 3.05) is 13.1 Å². The highest BCUT2D eigenvalue weighted by Gasteiger charge is 2.44. The van der Waals surface area contributed by atoms with Crippen LogP contribution in [-0.4, -0.2) is 61.0 Å². The van der Waals surface area contributed by atoms with Gasteiger partial charge in [-0.1, -0.05) is 12.1 Å². The molecule has 1 N–H and O–H groups in total. The fourth-order valence-corrected chi connectivity index (χ4v) is 4.48. The summed E-state index contributed by atoms with van der Waals surface area (Å²) in [4.78, 5) is 26.1. The molecule has 3 aromatic heterocycles. The summed E-state index contributed by atoms with van der Waals surface area (Å²) in [5.74, 6) is 0.0328. The minimum atomic E-state index is 0.0328. The van der Waals surface area contributed by atoms with Gasteiger partial charge in [0.05, 0.1) is 5.69 Å². The predicted octanol–water partition coefficient (Wildman–Crippen LogP) is 2.36. The summed E-state index contributed by atoms with van der Waals surface area (Å²) in [6.45, 7) is 2.69. The van der Waals surface area contributed by atoms with Crippen LogP contribution in [0.5, 0.6) is 0 Å². The van der Waals surface area contributed by atoms with Gasteiger partial charge in [-0.2, -0.15) is 5.10 Å². The third-order valence-electron chi connectivity index (χ3n) is 5.80. The third-order valence-corrected chi connectivity index (χ3v) is 5.80. The van der Waals surface area contributed by atoms with Crippen molar-refractivity contribution in [1.29, 1.82) is 0 Å². The first-order valence-electron chi connectivity index (χ1n) is 9.70. The fourth-order valence-electron chi connectivity index (χ4n) is 4.48. The molecule has 0 spiro atoms. The number of H-pyrrole nitrogens is 1. The standard InChI is InChI=1S/C21H22N6O/c28-21(18-12-17(24-25-18)16-5-1-2-9-23-16)27-11-7-19-20(27)6-10-26(19)14-15-4-3-8-22-13-15/h1-5,8-9,12-13,19-20H,6-7,10-11,14H2,(H,24,25)/t19-,20-/m0/s1. The zero-order chi connectivity index (χ0) is 18.9. The number of pyridine rings is 2. The molecule has 1 amide bonds. The van der Waals surface area contributed by atoms with E-state index in [9.17, 15) is 4.79 Å². The first-order valence-corrected chi connectivity index (χ1v) is 9.70. The van der Waals surface area contributed by atoms with Crippen molar-refractivity contribution in [1.82, 2.24) is 30.0 Å². The zero-order valence-corrected chi connectivity index (χ0v) is 15.5. The third kappa shape index (κ3) is 3.07. The van der Waals surface area contributed by atoms with E-state index in [1.807, 2.05) is 35.4 Å². The van der Waals surface area contributed by atoms with Crippen LogP contribution in [0.1, 0.15) is 28.9 Å². The van der Waals surface area contributed by atoms with Gasteiger partial charge in [-0.25, -0.2) is 0 Å². The van der Waals surface area contributed by atoms with Gasteiger partial charge in [-0.15, -0.1) is 0 Å². The van der Waals surface area contributed by atoms with Crippen LogP contribution in [0.25, 0.3) is 11.4 Å². The average molecular weight is 374 g/mol. The second-order valence-electron chi connectivity index (χ2n) is 7.42. The number of aromatic amines is 1. The number of fused-ring (bicyclic) bond motifs is 1. The average Bonchev–Trinajstić information content (AvgIpc) is 3.47. The van der Waals surface area contributed by atoms with Crippen molar-refractivity contribution >= 4 is 5.91 Å². The summed E-state index contributed by atoms with van der Waals surface area (Å²) in [5.41, 5.74) is 3.22. The molecule has 0 aromatic carbocycles. The Kier molecular flexibility index (Phi) is 4.37. The molecule has 2 fully saturated rings. The van der Waals surface area contributed by atoms with E-state index < -0.39 is 0 Å². The highest BCUT2D eigenvalue weighted by atomic mass is 16.2. The van der Waals surface area contributed by atoms with E-state index in [2.05, 4.69) is 31.1 Å². The molecule has 0 bridgehead atoms. The second kappa shape index (κ2) is 7.16. The lowest BCUT2D eigenvalue weighted by Crippen LogP contribution is -2.39. The van der Waals surface area contributed by atoms with Gasteiger partial charge in [0, 0.05) is 50.3 Å². The minimum absolute atomic E-state index is 0.0328. The van der Waals surface area contributed by atoms with Crippen molar-refractivity contribution < 1.29 is 4.79 Å². The molecule has 2 aliphatic heterocycles. The van der Waals surface area contributed by atoms with Crippen LogP contribution in [-0.2, 0) is 6.54 Å². The Hall–Kier alpha value is -3.06. The number of hydrogen-bond acceptors (Lipinski definition) is 5. The van der Waals surface area contributed by atoms with Crippen molar-refractivity contribution in [2.45, 2.75) is 31.5 Å². The van der Waals surface area contributed by atoms with E-state index in [1.165, 1.54) is 5.56 Å². The summed E-state index contributed by atoms with van der Waals surface area (Å²) >= 11 is 0. The van der Waals surface area contributed by atoms with Gasteiger partial charge in [0.2, 0.25) is 0 Å². The first kappa shape index (κ1) is 17.1. The van der Waals surface area contributed by atoms with E-state index in [0.717, 1.165) is 38.2 Å². The number of amides is 1. The molecule has 7 heteroatoms. The van der Waals surface area contributed by atoms with Crippen molar-refractivity contribution in [2.24, 2.45) is 0 Å². The predicted molar refractivity (Wildman–Crippen MR) is 104 cm³/mol. The molecule has 2 aliphatic rings. The molecule has 0 radical (unpaired) electrons. The number of rotatable bonds is 4. The number of carbonyl (C=O) groups is 1. The van der Waals surface area contributed by atoms with Crippen LogP contribution in [0.3, 0.4) is 0 Å². The SMILES string of the molecule is O=C(c1cc(-c2ccccn2)n[nH]1)N1CC[C@H]2[C@@H]1CCN2Cc1cccnc1. The molecular formula is C21H22N6O. The lowest BCUT2D eigenvalue weighted by atomic mass is 10.1. The van der Waals surface area contributed by atoms with Crippen LogP contribution in [0.2, 0.25) is 0 Å². The Bertz CT molecular complexity index is 957. The van der Waals surface area contributed by atoms with E-state index >= 15 is 0 Å². The quantitative estimate of drug-likeness (QED) is 0.758. The molecule has 5 rings (SSSR count). The van der Waals surface area contributed by atoms with Gasteiger partial charge < -0.3 is 4.90 Å². The van der Waals surface area contributed by atoms with Crippen LogP contribution in [0.15, 0.2) is 55.0 Å². The van der Waals surface area contributed by atoms with Crippen LogP contribution in [0, 0.1) is 0 Å². The summed E-state index contributed by atoms with van der Waals surface area (Å²) < 4.78 is 0. The molecular weight excluding hydrogens is 352 g/mol. The van der Waals surface area contributed by atoms with E-state index in [-0.39, 0.29) is 11.9 Å². The van der Waals surface area contributed by atoms with Crippen molar-refractivity contribution in [3.8, 4) is 11.4 Å². The molecule has 5 heterocycles. The maximum absolute atomic E-state index is 13.1. The number of hydrogen-bond donors (Lipinski definition) is 1. The van der Waals surface area contributed by atoms with Crippen LogP contribution >= 0.6 is 0 Å². The van der Waals surface area contributed by atoms with Gasteiger partial charge in [-0.05, 0) is 42.7 Å². The largest absolute Gasteiger partial charge is 0.333 e.